The van der Waals surface area contributed by atoms with Crippen LogP contribution in [-0.2, 0) is 0 Å². The molecule has 0 atom stereocenters. The van der Waals surface area contributed by atoms with E-state index in [0.717, 1.165) is 6.42 Å². The smallest absolute Gasteiger partial charge is 0.257 e. The molecule has 0 aliphatic heterocycles. The molecule has 0 aliphatic rings. The summed E-state index contributed by atoms with van der Waals surface area (Å²) in [7, 11) is 1.79. The Morgan fingerprint density at radius 1 is 1.59 bits per heavy atom. The van der Waals surface area contributed by atoms with E-state index in [4.69, 9.17) is 5.84 Å². The lowest BCUT2D eigenvalue weighted by Crippen LogP contribution is -2.44. The standard InChI is InChI=1S/C12H20N4O/c1-5-12(2,3)16(4)11(17)9-8-14-7-6-10(9)15-13/h6-8H,5,13H2,1-4H3,(H,14,15). The van der Waals surface area contributed by atoms with Crippen LogP contribution in [0.25, 0.3) is 0 Å². The number of aromatic nitrogens is 1. The van der Waals surface area contributed by atoms with Gasteiger partial charge in [0.1, 0.15) is 0 Å². The zero-order valence-corrected chi connectivity index (χ0v) is 10.8. The summed E-state index contributed by atoms with van der Waals surface area (Å²) < 4.78 is 0. The van der Waals surface area contributed by atoms with E-state index in [1.54, 1.807) is 24.2 Å². The number of nitrogens with two attached hydrogens (primary N) is 1. The van der Waals surface area contributed by atoms with E-state index in [0.29, 0.717) is 11.3 Å². The molecule has 1 aromatic rings. The van der Waals surface area contributed by atoms with Gasteiger partial charge in [0.05, 0.1) is 11.3 Å². The monoisotopic (exact) mass is 236 g/mol. The van der Waals surface area contributed by atoms with Crippen molar-refractivity contribution in [2.24, 2.45) is 5.84 Å². The highest BCUT2D eigenvalue weighted by atomic mass is 16.2. The third-order valence-electron chi connectivity index (χ3n) is 3.28. The number of nitrogens with one attached hydrogen (secondary N) is 1. The van der Waals surface area contributed by atoms with Gasteiger partial charge >= 0.3 is 0 Å². The summed E-state index contributed by atoms with van der Waals surface area (Å²) in [5, 5.41) is 0. The second-order valence-electron chi connectivity index (χ2n) is 4.60. The van der Waals surface area contributed by atoms with Crippen LogP contribution in [0.4, 0.5) is 5.69 Å². The second kappa shape index (κ2) is 5.14. The molecule has 94 valence electrons. The highest BCUT2D eigenvalue weighted by molar-refractivity contribution is 5.99. The topological polar surface area (TPSA) is 71.2 Å². The van der Waals surface area contributed by atoms with Gasteiger partial charge in [-0.2, -0.15) is 0 Å². The molecule has 0 spiro atoms. The Morgan fingerprint density at radius 2 is 2.24 bits per heavy atom. The van der Waals surface area contributed by atoms with E-state index in [-0.39, 0.29) is 11.4 Å². The summed E-state index contributed by atoms with van der Waals surface area (Å²) in [6, 6.07) is 1.68. The molecule has 0 saturated heterocycles. The highest BCUT2D eigenvalue weighted by Gasteiger charge is 2.27. The van der Waals surface area contributed by atoms with Gasteiger partial charge in [0.2, 0.25) is 0 Å². The number of nitrogen functional groups attached to an aromatic ring is 1. The fraction of sp³-hybridized carbons (Fsp3) is 0.500. The molecule has 5 nitrogen and oxygen atoms in total. The number of anilines is 1. The molecule has 3 N–H and O–H groups in total. The number of hydrogen-bond acceptors (Lipinski definition) is 4. The van der Waals surface area contributed by atoms with Crippen LogP contribution in [0.3, 0.4) is 0 Å². The van der Waals surface area contributed by atoms with Crippen molar-refractivity contribution in [3.05, 3.63) is 24.0 Å². The molecule has 1 amide bonds. The molecule has 1 aromatic heterocycles. The maximum atomic E-state index is 12.3. The van der Waals surface area contributed by atoms with Crippen molar-refractivity contribution in [1.29, 1.82) is 0 Å². The lowest BCUT2D eigenvalue weighted by Gasteiger charge is -2.35. The van der Waals surface area contributed by atoms with Gasteiger partial charge in [-0.3, -0.25) is 15.6 Å². The third-order valence-corrected chi connectivity index (χ3v) is 3.28. The molecule has 0 fully saturated rings. The molecule has 0 aromatic carbocycles. The van der Waals surface area contributed by atoms with Gasteiger partial charge in [0.25, 0.3) is 5.91 Å². The van der Waals surface area contributed by atoms with Crippen molar-refractivity contribution in [3.8, 4) is 0 Å². The number of carbonyl (C=O) groups is 1. The number of amides is 1. The average Bonchev–Trinajstić information content (AvgIpc) is 2.36. The molecule has 1 rings (SSSR count). The van der Waals surface area contributed by atoms with E-state index in [1.807, 2.05) is 13.8 Å². The summed E-state index contributed by atoms with van der Waals surface area (Å²) in [5.41, 5.74) is 3.39. The fourth-order valence-electron chi connectivity index (χ4n) is 1.38. The summed E-state index contributed by atoms with van der Waals surface area (Å²) in [4.78, 5) is 18.0. The molecular formula is C12H20N4O. The van der Waals surface area contributed by atoms with Crippen molar-refractivity contribution in [1.82, 2.24) is 9.88 Å². The van der Waals surface area contributed by atoms with Crippen LogP contribution in [-0.4, -0.2) is 28.4 Å². The molecule has 0 unspecified atom stereocenters. The Hall–Kier alpha value is -1.62. The number of carbonyl (C=O) groups excluding carboxylic acids is 1. The number of hydrogen-bond donors (Lipinski definition) is 2. The molecule has 0 aliphatic carbocycles. The first-order valence-corrected chi connectivity index (χ1v) is 5.62. The van der Waals surface area contributed by atoms with E-state index in [1.165, 1.54) is 6.20 Å². The summed E-state index contributed by atoms with van der Waals surface area (Å²) >= 11 is 0. The Labute approximate surface area is 102 Å². The van der Waals surface area contributed by atoms with Crippen molar-refractivity contribution in [3.63, 3.8) is 0 Å². The minimum atomic E-state index is -0.196. The number of nitrogens with zero attached hydrogens (tertiary/aromatic N) is 2. The van der Waals surface area contributed by atoms with Crippen molar-refractivity contribution in [2.75, 3.05) is 12.5 Å². The summed E-state index contributed by atoms with van der Waals surface area (Å²) in [6.45, 7) is 6.10. The Kier molecular flexibility index (Phi) is 4.07. The van der Waals surface area contributed by atoms with Crippen LogP contribution in [0, 0.1) is 0 Å². The Balaban J connectivity index is 3.04. The SMILES string of the molecule is CCC(C)(C)N(C)C(=O)c1cnccc1NN. The highest BCUT2D eigenvalue weighted by Crippen LogP contribution is 2.22. The van der Waals surface area contributed by atoms with Crippen LogP contribution >= 0.6 is 0 Å². The minimum Gasteiger partial charge on any atom is -0.336 e. The lowest BCUT2D eigenvalue weighted by molar-refractivity contribution is 0.0621. The van der Waals surface area contributed by atoms with E-state index < -0.39 is 0 Å². The fourth-order valence-corrected chi connectivity index (χ4v) is 1.38. The van der Waals surface area contributed by atoms with Gasteiger partial charge in [0, 0.05) is 25.0 Å². The predicted octanol–water partition coefficient (Wildman–Crippen LogP) is 1.63. The average molecular weight is 236 g/mol. The van der Waals surface area contributed by atoms with Gasteiger partial charge in [-0.1, -0.05) is 6.92 Å². The van der Waals surface area contributed by atoms with Gasteiger partial charge in [-0.25, -0.2) is 0 Å². The first-order chi connectivity index (χ1) is 7.94. The first-order valence-electron chi connectivity index (χ1n) is 5.62. The molecule has 0 radical (unpaired) electrons. The molecule has 1 heterocycles. The number of rotatable bonds is 4. The number of hydrazine groups is 1. The van der Waals surface area contributed by atoms with Gasteiger partial charge < -0.3 is 10.3 Å². The van der Waals surface area contributed by atoms with Crippen molar-refractivity contribution in [2.45, 2.75) is 32.7 Å². The minimum absolute atomic E-state index is 0.0853. The summed E-state index contributed by atoms with van der Waals surface area (Å²) in [5.74, 6) is 5.30. The molecule has 0 bridgehead atoms. The molecule has 17 heavy (non-hydrogen) atoms. The van der Waals surface area contributed by atoms with Crippen LogP contribution < -0.4 is 11.3 Å². The lowest BCUT2D eigenvalue weighted by atomic mass is 9.99. The normalized spacial score (nSPS) is 11.1. The summed E-state index contributed by atoms with van der Waals surface area (Å²) in [6.07, 6.45) is 4.00. The van der Waals surface area contributed by atoms with Crippen LogP contribution in [0.15, 0.2) is 18.5 Å². The second-order valence-corrected chi connectivity index (χ2v) is 4.60. The first kappa shape index (κ1) is 13.4. The van der Waals surface area contributed by atoms with Gasteiger partial charge in [-0.05, 0) is 26.3 Å². The van der Waals surface area contributed by atoms with Gasteiger partial charge in [-0.15, -0.1) is 0 Å². The molecular weight excluding hydrogens is 216 g/mol. The zero-order valence-electron chi connectivity index (χ0n) is 10.8. The maximum Gasteiger partial charge on any atom is 0.257 e. The predicted molar refractivity (Wildman–Crippen MR) is 68.5 cm³/mol. The zero-order chi connectivity index (χ0) is 13.1. The van der Waals surface area contributed by atoms with Crippen molar-refractivity contribution >= 4 is 11.6 Å². The number of pyridine rings is 1. The van der Waals surface area contributed by atoms with Crippen LogP contribution in [0.1, 0.15) is 37.6 Å². The Bertz CT molecular complexity index is 403. The largest absolute Gasteiger partial charge is 0.336 e. The Morgan fingerprint density at radius 3 is 2.76 bits per heavy atom. The molecule has 5 heteroatoms. The van der Waals surface area contributed by atoms with Crippen molar-refractivity contribution < 1.29 is 4.79 Å². The van der Waals surface area contributed by atoms with Crippen LogP contribution in [0.5, 0.6) is 0 Å². The van der Waals surface area contributed by atoms with E-state index in [2.05, 4.69) is 17.3 Å². The third kappa shape index (κ3) is 2.74. The molecule has 0 saturated carbocycles. The van der Waals surface area contributed by atoms with Gasteiger partial charge in [0.15, 0.2) is 0 Å². The van der Waals surface area contributed by atoms with E-state index in [9.17, 15) is 4.79 Å². The quantitative estimate of drug-likeness (QED) is 0.615. The maximum absolute atomic E-state index is 12.3. The van der Waals surface area contributed by atoms with E-state index >= 15 is 0 Å². The van der Waals surface area contributed by atoms with Crippen LogP contribution in [0.2, 0.25) is 0 Å².